The van der Waals surface area contributed by atoms with Crippen LogP contribution in [0.5, 0.6) is 11.5 Å². The number of ether oxygens (including phenoxy) is 2. The van der Waals surface area contributed by atoms with Crippen molar-refractivity contribution in [1.82, 2.24) is 15.5 Å². The highest BCUT2D eigenvalue weighted by molar-refractivity contribution is 5.96. The Balaban J connectivity index is 2.00. The van der Waals surface area contributed by atoms with Gasteiger partial charge in [0.1, 0.15) is 11.5 Å². The topological polar surface area (TPSA) is 76.2 Å². The number of carbonyl (C=O) groups is 1. The van der Waals surface area contributed by atoms with Crippen LogP contribution in [0.15, 0.2) is 18.2 Å². The van der Waals surface area contributed by atoms with E-state index in [9.17, 15) is 4.79 Å². The molecule has 2 N–H and O–H groups in total. The third-order valence-corrected chi connectivity index (χ3v) is 3.52. The molecule has 2 aromatic rings. The molecule has 1 aromatic heterocycles. The minimum Gasteiger partial charge on any atom is -0.497 e. The van der Waals surface area contributed by atoms with Crippen molar-refractivity contribution in [3.63, 3.8) is 0 Å². The van der Waals surface area contributed by atoms with Crippen molar-refractivity contribution in [3.05, 3.63) is 40.7 Å². The van der Waals surface area contributed by atoms with Crippen LogP contribution in [0, 0.1) is 13.8 Å². The third-order valence-electron chi connectivity index (χ3n) is 3.52. The number of hydrogen-bond acceptors (Lipinski definition) is 4. The number of methoxy groups -OCH3 is 2. The van der Waals surface area contributed by atoms with Gasteiger partial charge in [0.25, 0.3) is 5.91 Å². The van der Waals surface area contributed by atoms with Gasteiger partial charge in [0.05, 0.1) is 25.5 Å². The van der Waals surface area contributed by atoms with Crippen molar-refractivity contribution < 1.29 is 14.3 Å². The Morgan fingerprint density at radius 2 is 2.05 bits per heavy atom. The molecule has 2 rings (SSSR count). The van der Waals surface area contributed by atoms with Crippen molar-refractivity contribution >= 4 is 5.91 Å². The standard InChI is InChI=1S/C16H21N3O3/c1-10-15(11(2)19-18-10)16(20)17-8-7-12-9-13(21-3)5-6-14(12)22-4/h5-6,9H,7-8H2,1-4H3,(H,17,20)(H,18,19). The Kier molecular flexibility index (Phi) is 5.04. The summed E-state index contributed by atoms with van der Waals surface area (Å²) in [6, 6.07) is 5.62. The van der Waals surface area contributed by atoms with Crippen LogP contribution in [-0.4, -0.2) is 36.9 Å². The van der Waals surface area contributed by atoms with Crippen molar-refractivity contribution in [3.8, 4) is 11.5 Å². The van der Waals surface area contributed by atoms with Crippen LogP contribution in [0.25, 0.3) is 0 Å². The van der Waals surface area contributed by atoms with Gasteiger partial charge in [-0.3, -0.25) is 9.89 Å². The number of carbonyl (C=O) groups excluding carboxylic acids is 1. The number of aromatic amines is 1. The van der Waals surface area contributed by atoms with Gasteiger partial charge in [-0.2, -0.15) is 5.10 Å². The molecule has 0 saturated carbocycles. The second kappa shape index (κ2) is 6.98. The van der Waals surface area contributed by atoms with Gasteiger partial charge in [-0.15, -0.1) is 0 Å². The van der Waals surface area contributed by atoms with E-state index in [-0.39, 0.29) is 5.91 Å². The molecule has 0 saturated heterocycles. The SMILES string of the molecule is COc1ccc(OC)c(CCNC(=O)c2c(C)n[nH]c2C)c1. The minimum atomic E-state index is -0.120. The first-order valence-corrected chi connectivity index (χ1v) is 7.07. The molecule has 6 heteroatoms. The molecule has 0 aliphatic heterocycles. The van der Waals surface area contributed by atoms with Crippen LogP contribution in [0.3, 0.4) is 0 Å². The largest absolute Gasteiger partial charge is 0.497 e. The fraction of sp³-hybridized carbons (Fsp3) is 0.375. The van der Waals surface area contributed by atoms with E-state index < -0.39 is 0 Å². The lowest BCUT2D eigenvalue weighted by Crippen LogP contribution is -2.26. The van der Waals surface area contributed by atoms with E-state index in [1.165, 1.54) is 0 Å². The summed E-state index contributed by atoms with van der Waals surface area (Å²) < 4.78 is 10.5. The summed E-state index contributed by atoms with van der Waals surface area (Å²) in [7, 11) is 3.25. The van der Waals surface area contributed by atoms with Crippen molar-refractivity contribution in [2.24, 2.45) is 0 Å². The van der Waals surface area contributed by atoms with Crippen molar-refractivity contribution in [2.75, 3.05) is 20.8 Å². The number of aromatic nitrogens is 2. The van der Waals surface area contributed by atoms with Gasteiger partial charge in [-0.05, 0) is 44.0 Å². The Morgan fingerprint density at radius 1 is 1.27 bits per heavy atom. The average molecular weight is 303 g/mol. The third kappa shape index (κ3) is 3.39. The number of benzene rings is 1. The molecule has 0 unspecified atom stereocenters. The van der Waals surface area contributed by atoms with E-state index >= 15 is 0 Å². The molecule has 0 aliphatic carbocycles. The lowest BCUT2D eigenvalue weighted by Gasteiger charge is -2.11. The maximum atomic E-state index is 12.2. The first-order chi connectivity index (χ1) is 10.6. The molecule has 0 aliphatic rings. The molecule has 0 atom stereocenters. The van der Waals surface area contributed by atoms with Crippen LogP contribution < -0.4 is 14.8 Å². The summed E-state index contributed by atoms with van der Waals surface area (Å²) in [4.78, 5) is 12.2. The van der Waals surface area contributed by atoms with Gasteiger partial charge < -0.3 is 14.8 Å². The number of nitrogens with one attached hydrogen (secondary N) is 2. The van der Waals surface area contributed by atoms with Gasteiger partial charge in [0.15, 0.2) is 0 Å². The van der Waals surface area contributed by atoms with Gasteiger partial charge in [-0.1, -0.05) is 0 Å². The molecule has 0 fully saturated rings. The highest BCUT2D eigenvalue weighted by atomic mass is 16.5. The van der Waals surface area contributed by atoms with E-state index in [1.807, 2.05) is 32.0 Å². The zero-order chi connectivity index (χ0) is 16.1. The predicted molar refractivity (Wildman–Crippen MR) is 83.6 cm³/mol. The summed E-state index contributed by atoms with van der Waals surface area (Å²) in [5.74, 6) is 1.43. The van der Waals surface area contributed by atoms with E-state index in [0.29, 0.717) is 24.2 Å². The molecule has 1 aromatic carbocycles. The molecule has 22 heavy (non-hydrogen) atoms. The highest BCUT2D eigenvalue weighted by Gasteiger charge is 2.15. The van der Waals surface area contributed by atoms with Gasteiger partial charge in [-0.25, -0.2) is 0 Å². The van der Waals surface area contributed by atoms with Gasteiger partial charge in [0, 0.05) is 12.2 Å². The Morgan fingerprint density at radius 3 is 2.64 bits per heavy atom. The number of amides is 1. The Hall–Kier alpha value is -2.50. The van der Waals surface area contributed by atoms with Crippen molar-refractivity contribution in [2.45, 2.75) is 20.3 Å². The lowest BCUT2D eigenvalue weighted by molar-refractivity contribution is 0.0953. The molecule has 118 valence electrons. The van der Waals surface area contributed by atoms with Crippen LogP contribution in [0.1, 0.15) is 27.3 Å². The molecule has 0 radical (unpaired) electrons. The lowest BCUT2D eigenvalue weighted by atomic mass is 10.1. The summed E-state index contributed by atoms with van der Waals surface area (Å²) in [5, 5.41) is 9.75. The van der Waals surface area contributed by atoms with Crippen LogP contribution >= 0.6 is 0 Å². The second-order valence-electron chi connectivity index (χ2n) is 4.99. The number of aryl methyl sites for hydroxylation is 2. The zero-order valence-corrected chi connectivity index (χ0v) is 13.3. The monoisotopic (exact) mass is 303 g/mol. The highest BCUT2D eigenvalue weighted by Crippen LogP contribution is 2.24. The first kappa shape index (κ1) is 15.9. The van der Waals surface area contributed by atoms with Gasteiger partial charge in [0.2, 0.25) is 0 Å². The molecular formula is C16H21N3O3. The molecule has 0 spiro atoms. The summed E-state index contributed by atoms with van der Waals surface area (Å²) >= 11 is 0. The van der Waals surface area contributed by atoms with E-state index in [1.54, 1.807) is 14.2 Å². The Bertz CT molecular complexity index is 645. The minimum absolute atomic E-state index is 0.120. The second-order valence-corrected chi connectivity index (χ2v) is 4.99. The summed E-state index contributed by atoms with van der Waals surface area (Å²) in [6.45, 7) is 4.15. The quantitative estimate of drug-likeness (QED) is 0.856. The maximum absolute atomic E-state index is 12.2. The number of nitrogens with zero attached hydrogens (tertiary/aromatic N) is 1. The number of H-pyrrole nitrogens is 1. The van der Waals surface area contributed by atoms with Crippen LogP contribution in [-0.2, 0) is 6.42 Å². The smallest absolute Gasteiger partial charge is 0.255 e. The van der Waals surface area contributed by atoms with E-state index in [4.69, 9.17) is 9.47 Å². The molecule has 1 heterocycles. The summed E-state index contributed by atoms with van der Waals surface area (Å²) in [6.07, 6.45) is 0.655. The average Bonchev–Trinajstić information content (AvgIpc) is 2.86. The summed E-state index contributed by atoms with van der Waals surface area (Å²) in [5.41, 5.74) is 3.07. The van der Waals surface area contributed by atoms with Crippen molar-refractivity contribution in [1.29, 1.82) is 0 Å². The molecular weight excluding hydrogens is 282 g/mol. The van der Waals surface area contributed by atoms with Gasteiger partial charge >= 0.3 is 0 Å². The molecule has 1 amide bonds. The zero-order valence-electron chi connectivity index (χ0n) is 13.3. The number of hydrogen-bond donors (Lipinski definition) is 2. The first-order valence-electron chi connectivity index (χ1n) is 7.07. The van der Waals surface area contributed by atoms with Crippen LogP contribution in [0.4, 0.5) is 0 Å². The molecule has 6 nitrogen and oxygen atoms in total. The predicted octanol–water partition coefficient (Wildman–Crippen LogP) is 2.02. The normalized spacial score (nSPS) is 10.4. The number of rotatable bonds is 6. The van der Waals surface area contributed by atoms with Crippen LogP contribution in [0.2, 0.25) is 0 Å². The van der Waals surface area contributed by atoms with E-state index in [2.05, 4.69) is 15.5 Å². The fourth-order valence-corrected chi connectivity index (χ4v) is 2.36. The fourth-order valence-electron chi connectivity index (χ4n) is 2.36. The molecule has 0 bridgehead atoms. The van der Waals surface area contributed by atoms with E-state index in [0.717, 1.165) is 22.8 Å². The maximum Gasteiger partial charge on any atom is 0.255 e. The Labute approximate surface area is 129 Å².